The van der Waals surface area contributed by atoms with Crippen molar-refractivity contribution in [2.75, 3.05) is 12.3 Å². The summed E-state index contributed by atoms with van der Waals surface area (Å²) in [5, 5.41) is 3.32. The van der Waals surface area contributed by atoms with Gasteiger partial charge in [0, 0.05) is 35.8 Å². The van der Waals surface area contributed by atoms with E-state index in [0.717, 1.165) is 23.1 Å². The van der Waals surface area contributed by atoms with E-state index in [-0.39, 0.29) is 29.1 Å². The second-order valence-corrected chi connectivity index (χ2v) is 10.0. The highest BCUT2D eigenvalue weighted by molar-refractivity contribution is 7.99. The molecule has 3 aromatic rings. The summed E-state index contributed by atoms with van der Waals surface area (Å²) in [6, 6.07) is 21.5. The van der Waals surface area contributed by atoms with Crippen LogP contribution in [0.5, 0.6) is 0 Å². The summed E-state index contributed by atoms with van der Waals surface area (Å²) in [5.74, 6) is -0.378. The van der Waals surface area contributed by atoms with Crippen molar-refractivity contribution in [1.82, 2.24) is 10.2 Å². The molecule has 0 saturated carbocycles. The van der Waals surface area contributed by atoms with Crippen LogP contribution in [0.1, 0.15) is 35.6 Å². The van der Waals surface area contributed by atoms with Gasteiger partial charge in [-0.15, -0.1) is 11.8 Å². The molecule has 0 fully saturated rings. The van der Waals surface area contributed by atoms with Gasteiger partial charge in [0.2, 0.25) is 11.8 Å². The summed E-state index contributed by atoms with van der Waals surface area (Å²) in [6.45, 7) is 4.84. The molecule has 0 aliphatic carbocycles. The van der Waals surface area contributed by atoms with Gasteiger partial charge in [0.1, 0.15) is 11.9 Å². The van der Waals surface area contributed by atoms with Crippen molar-refractivity contribution in [2.24, 2.45) is 0 Å². The van der Waals surface area contributed by atoms with Crippen LogP contribution < -0.4 is 5.32 Å². The highest BCUT2D eigenvalue weighted by Crippen LogP contribution is 2.25. The Morgan fingerprint density at radius 3 is 2.44 bits per heavy atom. The van der Waals surface area contributed by atoms with Crippen molar-refractivity contribution in [3.05, 3.63) is 106 Å². The van der Waals surface area contributed by atoms with Gasteiger partial charge in [-0.05, 0) is 42.2 Å². The summed E-state index contributed by atoms with van der Waals surface area (Å²) in [7, 11) is 0. The van der Waals surface area contributed by atoms with Gasteiger partial charge in [-0.1, -0.05) is 79.2 Å². The van der Waals surface area contributed by atoms with Gasteiger partial charge in [-0.3, -0.25) is 9.59 Å². The molecule has 3 aromatic carbocycles. The second kappa shape index (κ2) is 14.0. The van der Waals surface area contributed by atoms with E-state index in [1.807, 2.05) is 68.4 Å². The van der Waals surface area contributed by atoms with Gasteiger partial charge in [0.15, 0.2) is 0 Å². The number of hydrogen-bond donors (Lipinski definition) is 1. The minimum absolute atomic E-state index is 0.100. The van der Waals surface area contributed by atoms with Crippen LogP contribution in [0.15, 0.2) is 72.8 Å². The van der Waals surface area contributed by atoms with Gasteiger partial charge in [0.05, 0.1) is 5.75 Å². The lowest BCUT2D eigenvalue weighted by molar-refractivity contribution is -0.139. The van der Waals surface area contributed by atoms with Gasteiger partial charge in [-0.25, -0.2) is 4.39 Å². The molecule has 190 valence electrons. The Morgan fingerprint density at radius 2 is 1.75 bits per heavy atom. The van der Waals surface area contributed by atoms with Crippen LogP contribution >= 0.6 is 23.4 Å². The molecular formula is C29H32ClFN2O2S. The normalized spacial score (nSPS) is 11.7. The summed E-state index contributed by atoms with van der Waals surface area (Å²) in [6.07, 6.45) is 1.20. The van der Waals surface area contributed by atoms with Gasteiger partial charge in [-0.2, -0.15) is 0 Å². The lowest BCUT2D eigenvalue weighted by atomic mass is 10.0. The Kier molecular flexibility index (Phi) is 10.8. The zero-order chi connectivity index (χ0) is 25.9. The molecular weight excluding hydrogens is 495 g/mol. The lowest BCUT2D eigenvalue weighted by Crippen LogP contribution is -2.51. The zero-order valence-corrected chi connectivity index (χ0v) is 22.2. The van der Waals surface area contributed by atoms with Gasteiger partial charge in [0.25, 0.3) is 0 Å². The number of aryl methyl sites for hydroxylation is 1. The predicted molar refractivity (Wildman–Crippen MR) is 147 cm³/mol. The maximum absolute atomic E-state index is 14.2. The Labute approximate surface area is 222 Å². The highest BCUT2D eigenvalue weighted by Gasteiger charge is 2.30. The summed E-state index contributed by atoms with van der Waals surface area (Å²) in [5.41, 5.74) is 3.38. The smallest absolute Gasteiger partial charge is 0.243 e. The van der Waals surface area contributed by atoms with Crippen LogP contribution in [0.3, 0.4) is 0 Å². The number of amides is 2. The third kappa shape index (κ3) is 7.84. The summed E-state index contributed by atoms with van der Waals surface area (Å²) >= 11 is 7.45. The monoisotopic (exact) mass is 526 g/mol. The van der Waals surface area contributed by atoms with E-state index in [4.69, 9.17) is 11.6 Å². The van der Waals surface area contributed by atoms with Crippen LogP contribution in [0.25, 0.3) is 0 Å². The maximum atomic E-state index is 14.2. The molecule has 0 radical (unpaired) electrons. The van der Waals surface area contributed by atoms with Crippen LogP contribution in [-0.4, -0.2) is 35.1 Å². The Bertz CT molecular complexity index is 1140. The molecule has 36 heavy (non-hydrogen) atoms. The van der Waals surface area contributed by atoms with Crippen LogP contribution in [0.2, 0.25) is 5.02 Å². The molecule has 3 rings (SSSR count). The lowest BCUT2D eigenvalue weighted by Gasteiger charge is -2.32. The van der Waals surface area contributed by atoms with E-state index in [2.05, 4.69) is 5.32 Å². The number of carbonyl (C=O) groups is 2. The van der Waals surface area contributed by atoms with Crippen molar-refractivity contribution in [2.45, 2.75) is 45.0 Å². The molecule has 0 aliphatic heterocycles. The second-order valence-electron chi connectivity index (χ2n) is 8.64. The van der Waals surface area contributed by atoms with E-state index in [0.29, 0.717) is 30.1 Å². The molecule has 0 unspecified atom stereocenters. The number of nitrogens with one attached hydrogen (secondary N) is 1. The molecule has 0 saturated heterocycles. The standard InChI is InChI=1S/C29H32ClFN2O2S/c1-3-16-32-29(35)27(17-22-11-5-4-6-12-22)33(18-23-13-8-7-10-21(23)2)28(34)20-36-19-24-25(30)14-9-15-26(24)31/h4-15,27H,3,16-20H2,1-2H3,(H,32,35)/t27-/m0/s1. The van der Waals surface area contributed by atoms with E-state index in [9.17, 15) is 14.0 Å². The molecule has 0 spiro atoms. The van der Waals surface area contributed by atoms with E-state index < -0.39 is 6.04 Å². The minimum atomic E-state index is -0.677. The first-order valence-corrected chi connectivity index (χ1v) is 13.6. The Balaban J connectivity index is 1.86. The Hall–Kier alpha value is -2.83. The quantitative estimate of drug-likeness (QED) is 0.306. The van der Waals surface area contributed by atoms with Gasteiger partial charge < -0.3 is 10.2 Å². The summed E-state index contributed by atoms with van der Waals surface area (Å²) in [4.78, 5) is 28.6. The fourth-order valence-electron chi connectivity index (χ4n) is 3.88. The average Bonchev–Trinajstić information content (AvgIpc) is 2.88. The topological polar surface area (TPSA) is 49.4 Å². The predicted octanol–water partition coefficient (Wildman–Crippen LogP) is 6.19. The Morgan fingerprint density at radius 1 is 1.03 bits per heavy atom. The fraction of sp³-hybridized carbons (Fsp3) is 0.310. The number of rotatable bonds is 12. The average molecular weight is 527 g/mol. The SMILES string of the molecule is CCCNC(=O)[C@H](Cc1ccccc1)N(Cc1ccccc1C)C(=O)CSCc1c(F)cccc1Cl. The van der Waals surface area contributed by atoms with Crippen molar-refractivity contribution in [3.63, 3.8) is 0 Å². The number of thioether (sulfide) groups is 1. The van der Waals surface area contributed by atoms with Crippen molar-refractivity contribution >= 4 is 35.2 Å². The summed E-state index contributed by atoms with van der Waals surface area (Å²) < 4.78 is 14.2. The molecule has 4 nitrogen and oxygen atoms in total. The van der Waals surface area contributed by atoms with Gasteiger partial charge >= 0.3 is 0 Å². The van der Waals surface area contributed by atoms with E-state index in [1.54, 1.807) is 17.0 Å². The molecule has 0 bridgehead atoms. The molecule has 1 N–H and O–H groups in total. The fourth-order valence-corrected chi connectivity index (χ4v) is 5.13. The van der Waals surface area contributed by atoms with Crippen molar-refractivity contribution in [1.29, 1.82) is 0 Å². The number of hydrogen-bond acceptors (Lipinski definition) is 3. The molecule has 2 amide bonds. The zero-order valence-electron chi connectivity index (χ0n) is 20.7. The first-order chi connectivity index (χ1) is 17.4. The first kappa shape index (κ1) is 27.8. The third-order valence-electron chi connectivity index (χ3n) is 5.96. The number of carbonyl (C=O) groups excluding carboxylic acids is 2. The highest BCUT2D eigenvalue weighted by atomic mass is 35.5. The molecule has 0 aromatic heterocycles. The van der Waals surface area contributed by atoms with E-state index in [1.165, 1.54) is 17.8 Å². The van der Waals surface area contributed by atoms with Crippen LogP contribution in [0.4, 0.5) is 4.39 Å². The molecule has 0 heterocycles. The largest absolute Gasteiger partial charge is 0.354 e. The van der Waals surface area contributed by atoms with Crippen molar-refractivity contribution in [3.8, 4) is 0 Å². The first-order valence-electron chi connectivity index (χ1n) is 12.1. The minimum Gasteiger partial charge on any atom is -0.354 e. The van der Waals surface area contributed by atoms with Crippen LogP contribution in [-0.2, 0) is 28.3 Å². The van der Waals surface area contributed by atoms with Crippen molar-refractivity contribution < 1.29 is 14.0 Å². The van der Waals surface area contributed by atoms with Crippen LogP contribution in [0, 0.1) is 12.7 Å². The third-order valence-corrected chi connectivity index (χ3v) is 7.25. The number of nitrogens with zero attached hydrogens (tertiary/aromatic N) is 1. The van der Waals surface area contributed by atoms with E-state index >= 15 is 0 Å². The number of benzene rings is 3. The molecule has 1 atom stereocenters. The maximum Gasteiger partial charge on any atom is 0.243 e. The molecule has 7 heteroatoms. The number of halogens is 2. The molecule has 0 aliphatic rings.